The first kappa shape index (κ1) is 19.2. The van der Waals surface area contributed by atoms with Gasteiger partial charge in [-0.05, 0) is 19.1 Å². The van der Waals surface area contributed by atoms with Gasteiger partial charge in [0, 0.05) is 10.9 Å². The molecular formula is C16H16N2O7S. The van der Waals surface area contributed by atoms with Gasteiger partial charge < -0.3 is 19.9 Å². The Bertz CT molecular complexity index is 847. The summed E-state index contributed by atoms with van der Waals surface area (Å²) in [7, 11) is 1.37. The molecule has 9 nitrogen and oxygen atoms in total. The van der Waals surface area contributed by atoms with E-state index < -0.39 is 22.5 Å². The van der Waals surface area contributed by atoms with Crippen molar-refractivity contribution in [1.82, 2.24) is 5.32 Å². The van der Waals surface area contributed by atoms with Gasteiger partial charge in [-0.2, -0.15) is 0 Å². The molecule has 0 fully saturated rings. The zero-order chi connectivity index (χ0) is 19.3. The molecular weight excluding hydrogens is 364 g/mol. The van der Waals surface area contributed by atoms with E-state index in [0.717, 1.165) is 17.4 Å². The molecule has 1 aromatic carbocycles. The number of nitrogens with zero attached hydrogens (tertiary/aromatic N) is 1. The number of nitro groups is 1. The lowest BCUT2D eigenvalue weighted by Crippen LogP contribution is -2.23. The van der Waals surface area contributed by atoms with Gasteiger partial charge in [0.2, 0.25) is 0 Å². The van der Waals surface area contributed by atoms with Gasteiger partial charge in [0.25, 0.3) is 11.6 Å². The zero-order valence-corrected chi connectivity index (χ0v) is 14.8. The molecule has 0 radical (unpaired) electrons. The number of thiophene rings is 1. The van der Waals surface area contributed by atoms with Crippen LogP contribution >= 0.6 is 11.3 Å². The summed E-state index contributed by atoms with van der Waals surface area (Å²) in [6, 6.07) is 5.39. The molecule has 0 atom stereocenters. The highest BCUT2D eigenvalue weighted by Crippen LogP contribution is 2.34. The lowest BCUT2D eigenvalue weighted by atomic mass is 10.1. The van der Waals surface area contributed by atoms with Gasteiger partial charge >= 0.3 is 5.97 Å². The average molecular weight is 380 g/mol. The smallest absolute Gasteiger partial charge is 0.345 e. The monoisotopic (exact) mass is 380 g/mol. The number of carbonyl (C=O) groups excluding carboxylic acids is 1. The van der Waals surface area contributed by atoms with Crippen LogP contribution in [0.2, 0.25) is 0 Å². The Morgan fingerprint density at radius 1 is 1.31 bits per heavy atom. The van der Waals surface area contributed by atoms with Crippen LogP contribution in [0.15, 0.2) is 24.3 Å². The van der Waals surface area contributed by atoms with E-state index in [4.69, 9.17) is 14.6 Å². The fourth-order valence-electron chi connectivity index (χ4n) is 2.16. The molecule has 0 unspecified atom stereocenters. The summed E-state index contributed by atoms with van der Waals surface area (Å²) >= 11 is 1.01. The van der Waals surface area contributed by atoms with Crippen molar-refractivity contribution in [3.8, 4) is 11.5 Å². The average Bonchev–Trinajstić information content (AvgIpc) is 3.08. The Balaban J connectivity index is 2.25. The molecule has 2 N–H and O–H groups in total. The number of carbonyl (C=O) groups is 2. The Hall–Kier alpha value is -3.14. The van der Waals surface area contributed by atoms with Crippen molar-refractivity contribution >= 4 is 28.9 Å². The standard InChI is InChI=1S/C16H16N2O7S/c1-3-25-13-7-11(18(22)23)10(6-12(13)24-2)15(19)17-8-9-4-5-14(26-9)16(20)21/h4-7H,3,8H2,1-2H3,(H,17,19)(H,20,21). The van der Waals surface area contributed by atoms with Crippen molar-refractivity contribution < 1.29 is 29.1 Å². The van der Waals surface area contributed by atoms with Crippen molar-refractivity contribution in [2.75, 3.05) is 13.7 Å². The number of amides is 1. The highest BCUT2D eigenvalue weighted by atomic mass is 32.1. The Kier molecular flexibility index (Phi) is 6.12. The Labute approximate surface area is 152 Å². The quantitative estimate of drug-likeness (QED) is 0.532. The summed E-state index contributed by atoms with van der Waals surface area (Å²) in [6.07, 6.45) is 0. The normalized spacial score (nSPS) is 10.2. The Morgan fingerprint density at radius 2 is 2.04 bits per heavy atom. The number of aromatic carboxylic acids is 1. The number of nitrogens with one attached hydrogen (secondary N) is 1. The summed E-state index contributed by atoms with van der Waals surface area (Å²) in [5.74, 6) is -1.36. The van der Waals surface area contributed by atoms with Crippen LogP contribution in [0.3, 0.4) is 0 Å². The van der Waals surface area contributed by atoms with Crippen molar-refractivity contribution in [3.05, 3.63) is 49.7 Å². The molecule has 1 aromatic heterocycles. The van der Waals surface area contributed by atoms with Crippen LogP contribution in [0.1, 0.15) is 31.8 Å². The molecule has 0 bridgehead atoms. The zero-order valence-electron chi connectivity index (χ0n) is 14.0. The predicted molar refractivity (Wildman–Crippen MR) is 93.3 cm³/mol. The lowest BCUT2D eigenvalue weighted by Gasteiger charge is -2.11. The second-order valence-corrected chi connectivity index (χ2v) is 6.13. The molecule has 10 heteroatoms. The molecule has 0 aliphatic rings. The van der Waals surface area contributed by atoms with Crippen LogP contribution < -0.4 is 14.8 Å². The van der Waals surface area contributed by atoms with Crippen LogP contribution in [0.25, 0.3) is 0 Å². The second kappa shape index (κ2) is 8.30. The third-order valence-electron chi connectivity index (χ3n) is 3.32. The summed E-state index contributed by atoms with van der Waals surface area (Å²) in [4.78, 5) is 34.6. The van der Waals surface area contributed by atoms with Crippen LogP contribution in [0, 0.1) is 10.1 Å². The summed E-state index contributed by atoms with van der Waals surface area (Å²) in [6.45, 7) is 2.05. The van der Waals surface area contributed by atoms with Crippen molar-refractivity contribution in [2.24, 2.45) is 0 Å². The molecule has 2 aromatic rings. The van der Waals surface area contributed by atoms with Crippen LogP contribution in [-0.4, -0.2) is 35.6 Å². The number of carboxylic acid groups (broad SMARTS) is 1. The minimum atomic E-state index is -1.06. The SMILES string of the molecule is CCOc1cc([N+](=O)[O-])c(C(=O)NCc2ccc(C(=O)O)s2)cc1OC. The summed E-state index contributed by atoms with van der Waals surface area (Å²) < 4.78 is 10.4. The molecule has 1 heterocycles. The number of rotatable bonds is 8. The number of methoxy groups -OCH3 is 1. The molecule has 0 aliphatic heterocycles. The number of nitro benzene ring substituents is 1. The molecule has 138 valence electrons. The van der Waals surface area contributed by atoms with Gasteiger partial charge in [-0.3, -0.25) is 14.9 Å². The maximum absolute atomic E-state index is 12.4. The van der Waals surface area contributed by atoms with Gasteiger partial charge in [-0.1, -0.05) is 0 Å². The first-order chi connectivity index (χ1) is 12.4. The third-order valence-corrected chi connectivity index (χ3v) is 4.39. The fraction of sp³-hybridized carbons (Fsp3) is 0.250. The van der Waals surface area contributed by atoms with Crippen LogP contribution in [-0.2, 0) is 6.54 Å². The minimum Gasteiger partial charge on any atom is -0.493 e. The molecule has 0 saturated heterocycles. The third kappa shape index (κ3) is 4.28. The van der Waals surface area contributed by atoms with Crippen LogP contribution in [0.4, 0.5) is 5.69 Å². The van der Waals surface area contributed by atoms with Gasteiger partial charge in [0.15, 0.2) is 11.5 Å². The highest BCUT2D eigenvalue weighted by Gasteiger charge is 2.24. The molecule has 0 spiro atoms. The van der Waals surface area contributed by atoms with E-state index in [0.29, 0.717) is 4.88 Å². The van der Waals surface area contributed by atoms with Gasteiger partial charge in [0.05, 0.1) is 31.3 Å². The second-order valence-electron chi connectivity index (χ2n) is 4.96. The van der Waals surface area contributed by atoms with Gasteiger partial charge in [-0.15, -0.1) is 11.3 Å². The number of hydrogen-bond acceptors (Lipinski definition) is 7. The van der Waals surface area contributed by atoms with Crippen molar-refractivity contribution in [3.63, 3.8) is 0 Å². The molecule has 1 amide bonds. The van der Waals surface area contributed by atoms with Crippen LogP contribution in [0.5, 0.6) is 11.5 Å². The van der Waals surface area contributed by atoms with E-state index in [1.165, 1.54) is 19.2 Å². The molecule has 0 saturated carbocycles. The van der Waals surface area contributed by atoms with E-state index >= 15 is 0 Å². The number of ether oxygens (including phenoxy) is 2. The van der Waals surface area contributed by atoms with Gasteiger partial charge in [0.1, 0.15) is 10.4 Å². The topological polar surface area (TPSA) is 128 Å². The summed E-state index contributed by atoms with van der Waals surface area (Å²) in [5.41, 5.74) is -0.588. The number of benzene rings is 1. The Morgan fingerprint density at radius 3 is 2.58 bits per heavy atom. The van der Waals surface area contributed by atoms with E-state index in [2.05, 4.69) is 5.32 Å². The van der Waals surface area contributed by atoms with E-state index in [-0.39, 0.29) is 35.1 Å². The number of carboxylic acids is 1. The van der Waals surface area contributed by atoms with E-state index in [9.17, 15) is 19.7 Å². The fourth-order valence-corrected chi connectivity index (χ4v) is 2.95. The maximum Gasteiger partial charge on any atom is 0.345 e. The first-order valence-electron chi connectivity index (χ1n) is 7.46. The highest BCUT2D eigenvalue weighted by molar-refractivity contribution is 7.13. The summed E-state index contributed by atoms with van der Waals surface area (Å²) in [5, 5.41) is 22.7. The van der Waals surface area contributed by atoms with Gasteiger partial charge in [-0.25, -0.2) is 4.79 Å². The van der Waals surface area contributed by atoms with Crippen molar-refractivity contribution in [2.45, 2.75) is 13.5 Å². The lowest BCUT2D eigenvalue weighted by molar-refractivity contribution is -0.385. The first-order valence-corrected chi connectivity index (χ1v) is 8.28. The van der Waals surface area contributed by atoms with E-state index in [1.807, 2.05) is 0 Å². The molecule has 0 aliphatic carbocycles. The largest absolute Gasteiger partial charge is 0.493 e. The molecule has 2 rings (SSSR count). The number of hydrogen-bond donors (Lipinski definition) is 2. The maximum atomic E-state index is 12.4. The molecule has 26 heavy (non-hydrogen) atoms. The van der Waals surface area contributed by atoms with E-state index in [1.54, 1.807) is 13.0 Å². The predicted octanol–water partition coefficient (Wildman–Crippen LogP) is 2.69. The van der Waals surface area contributed by atoms with Crippen molar-refractivity contribution in [1.29, 1.82) is 0 Å². The minimum absolute atomic E-state index is 0.0451.